The standard InChI is InChI=1S/C23H23FN8/c1-31-11-13-32(14-12-31)22-19-21(27-23(28-22)25-15-16-5-3-2-4-6-16)30-29-20(26-19)17-7-9-18(24)10-8-17/h2-10H,11-15H2,1H3,(H,25,27,28,30). The third kappa shape index (κ3) is 4.33. The van der Waals surface area contributed by atoms with E-state index in [9.17, 15) is 4.39 Å². The molecule has 1 fully saturated rings. The van der Waals surface area contributed by atoms with Crippen LogP contribution in [0.5, 0.6) is 0 Å². The van der Waals surface area contributed by atoms with Crippen LogP contribution >= 0.6 is 0 Å². The number of nitrogens with zero attached hydrogens (tertiary/aromatic N) is 7. The van der Waals surface area contributed by atoms with E-state index in [1.807, 2.05) is 30.3 Å². The van der Waals surface area contributed by atoms with Gasteiger partial charge in [0.1, 0.15) is 5.82 Å². The predicted molar refractivity (Wildman–Crippen MR) is 122 cm³/mol. The van der Waals surface area contributed by atoms with E-state index in [0.29, 0.717) is 35.0 Å². The number of halogens is 1. The Bertz CT molecular complexity index is 1210. The van der Waals surface area contributed by atoms with Gasteiger partial charge in [0.25, 0.3) is 0 Å². The fraction of sp³-hybridized carbons (Fsp3) is 0.261. The first kappa shape index (κ1) is 20.2. The van der Waals surface area contributed by atoms with E-state index in [2.05, 4.69) is 37.3 Å². The van der Waals surface area contributed by atoms with Crippen LogP contribution in [0.25, 0.3) is 22.6 Å². The molecule has 1 saturated heterocycles. The molecule has 1 aliphatic heterocycles. The Labute approximate surface area is 185 Å². The molecule has 32 heavy (non-hydrogen) atoms. The van der Waals surface area contributed by atoms with Crippen LogP contribution in [0.15, 0.2) is 54.6 Å². The smallest absolute Gasteiger partial charge is 0.227 e. The van der Waals surface area contributed by atoms with Crippen LogP contribution in [0.2, 0.25) is 0 Å². The van der Waals surface area contributed by atoms with Crippen molar-refractivity contribution in [1.82, 2.24) is 30.0 Å². The lowest BCUT2D eigenvalue weighted by molar-refractivity contribution is 0.312. The SMILES string of the molecule is CN1CCN(c2nc(NCc3ccccc3)nc3nnc(-c4ccc(F)cc4)nc23)CC1. The molecule has 5 rings (SSSR count). The molecule has 0 bridgehead atoms. The van der Waals surface area contributed by atoms with Crippen LogP contribution in [-0.4, -0.2) is 63.3 Å². The molecule has 0 spiro atoms. The van der Waals surface area contributed by atoms with E-state index in [-0.39, 0.29) is 5.82 Å². The predicted octanol–water partition coefficient (Wildman–Crippen LogP) is 2.98. The Morgan fingerprint density at radius 3 is 2.38 bits per heavy atom. The van der Waals surface area contributed by atoms with Gasteiger partial charge in [-0.15, -0.1) is 10.2 Å². The lowest BCUT2D eigenvalue weighted by atomic mass is 10.2. The number of hydrogen-bond acceptors (Lipinski definition) is 8. The topological polar surface area (TPSA) is 83.0 Å². The number of nitrogens with one attached hydrogen (secondary N) is 1. The Hall–Kier alpha value is -3.72. The minimum absolute atomic E-state index is 0.307. The normalized spacial score (nSPS) is 14.6. The number of fused-ring (bicyclic) bond motifs is 1. The average Bonchev–Trinajstić information content (AvgIpc) is 2.84. The number of rotatable bonds is 5. The zero-order valence-corrected chi connectivity index (χ0v) is 17.7. The zero-order valence-electron chi connectivity index (χ0n) is 17.7. The molecule has 8 nitrogen and oxygen atoms in total. The first-order valence-electron chi connectivity index (χ1n) is 10.6. The van der Waals surface area contributed by atoms with Gasteiger partial charge in [0, 0.05) is 38.3 Å². The van der Waals surface area contributed by atoms with Crippen molar-refractivity contribution >= 4 is 22.9 Å². The summed E-state index contributed by atoms with van der Waals surface area (Å²) < 4.78 is 13.3. The number of aromatic nitrogens is 5. The molecule has 3 heterocycles. The number of benzene rings is 2. The molecule has 0 unspecified atom stereocenters. The fourth-order valence-electron chi connectivity index (χ4n) is 3.64. The Morgan fingerprint density at radius 1 is 0.875 bits per heavy atom. The third-order valence-corrected chi connectivity index (χ3v) is 5.50. The molecule has 2 aromatic carbocycles. The number of likely N-dealkylation sites (N-methyl/N-ethyl adjacent to an activating group) is 1. The summed E-state index contributed by atoms with van der Waals surface area (Å²) in [6.07, 6.45) is 0. The quantitative estimate of drug-likeness (QED) is 0.518. The van der Waals surface area contributed by atoms with Crippen LogP contribution in [-0.2, 0) is 6.54 Å². The second kappa shape index (κ2) is 8.80. The summed E-state index contributed by atoms with van der Waals surface area (Å²) in [5.41, 5.74) is 2.84. The molecule has 0 radical (unpaired) electrons. The average molecular weight is 430 g/mol. The van der Waals surface area contributed by atoms with Gasteiger partial charge in [-0.25, -0.2) is 9.37 Å². The van der Waals surface area contributed by atoms with Gasteiger partial charge in [-0.1, -0.05) is 30.3 Å². The van der Waals surface area contributed by atoms with Crippen LogP contribution in [0, 0.1) is 5.82 Å². The molecule has 4 aromatic rings. The highest BCUT2D eigenvalue weighted by molar-refractivity contribution is 5.85. The van der Waals surface area contributed by atoms with Gasteiger partial charge in [0.05, 0.1) is 0 Å². The zero-order chi connectivity index (χ0) is 21.9. The Kier molecular flexibility index (Phi) is 5.55. The monoisotopic (exact) mass is 430 g/mol. The maximum absolute atomic E-state index is 13.3. The van der Waals surface area contributed by atoms with Gasteiger partial charge in [-0.05, 0) is 36.9 Å². The summed E-state index contributed by atoms with van der Waals surface area (Å²) in [6.45, 7) is 4.12. The molecule has 0 amide bonds. The van der Waals surface area contributed by atoms with Crippen LogP contribution in [0.3, 0.4) is 0 Å². The summed E-state index contributed by atoms with van der Waals surface area (Å²) in [6, 6.07) is 16.1. The maximum Gasteiger partial charge on any atom is 0.227 e. The maximum atomic E-state index is 13.3. The van der Waals surface area contributed by atoms with Gasteiger partial charge in [0.2, 0.25) is 11.6 Å². The molecule has 162 valence electrons. The van der Waals surface area contributed by atoms with Gasteiger partial charge in [-0.3, -0.25) is 0 Å². The van der Waals surface area contributed by atoms with Crippen LogP contribution in [0.1, 0.15) is 5.56 Å². The van der Waals surface area contributed by atoms with Crippen LogP contribution < -0.4 is 10.2 Å². The third-order valence-electron chi connectivity index (χ3n) is 5.50. The van der Waals surface area contributed by atoms with Crippen molar-refractivity contribution in [3.05, 3.63) is 66.0 Å². The van der Waals surface area contributed by atoms with Crippen molar-refractivity contribution in [1.29, 1.82) is 0 Å². The number of anilines is 2. The highest BCUT2D eigenvalue weighted by Crippen LogP contribution is 2.26. The summed E-state index contributed by atoms with van der Waals surface area (Å²) >= 11 is 0. The molecule has 2 aromatic heterocycles. The summed E-state index contributed by atoms with van der Waals surface area (Å²) in [5.74, 6) is 1.33. The molecular formula is C23H23FN8. The molecule has 0 saturated carbocycles. The lowest BCUT2D eigenvalue weighted by Gasteiger charge is -2.33. The minimum atomic E-state index is -0.307. The molecular weight excluding hydrogens is 407 g/mol. The molecule has 9 heteroatoms. The van der Waals surface area contributed by atoms with E-state index in [4.69, 9.17) is 9.97 Å². The van der Waals surface area contributed by atoms with Gasteiger partial charge in [-0.2, -0.15) is 9.97 Å². The van der Waals surface area contributed by atoms with E-state index in [1.54, 1.807) is 12.1 Å². The van der Waals surface area contributed by atoms with E-state index in [0.717, 1.165) is 37.6 Å². The number of piperazine rings is 1. The Morgan fingerprint density at radius 2 is 1.62 bits per heavy atom. The van der Waals surface area contributed by atoms with Crippen molar-refractivity contribution in [2.75, 3.05) is 43.4 Å². The van der Waals surface area contributed by atoms with Crippen molar-refractivity contribution in [2.24, 2.45) is 0 Å². The lowest BCUT2D eigenvalue weighted by Crippen LogP contribution is -2.45. The van der Waals surface area contributed by atoms with Crippen molar-refractivity contribution in [3.63, 3.8) is 0 Å². The van der Waals surface area contributed by atoms with E-state index < -0.39 is 0 Å². The second-order valence-electron chi connectivity index (χ2n) is 7.81. The largest absolute Gasteiger partial charge is 0.352 e. The minimum Gasteiger partial charge on any atom is -0.352 e. The second-order valence-corrected chi connectivity index (χ2v) is 7.81. The summed E-state index contributed by atoms with van der Waals surface area (Å²) in [5, 5.41) is 11.9. The van der Waals surface area contributed by atoms with Gasteiger partial charge < -0.3 is 15.1 Å². The van der Waals surface area contributed by atoms with Crippen molar-refractivity contribution < 1.29 is 4.39 Å². The van der Waals surface area contributed by atoms with E-state index in [1.165, 1.54) is 12.1 Å². The highest BCUT2D eigenvalue weighted by atomic mass is 19.1. The molecule has 1 aliphatic rings. The Balaban J connectivity index is 1.53. The van der Waals surface area contributed by atoms with E-state index >= 15 is 0 Å². The summed E-state index contributed by atoms with van der Waals surface area (Å²) in [4.78, 5) is 18.6. The molecule has 0 atom stereocenters. The summed E-state index contributed by atoms with van der Waals surface area (Å²) in [7, 11) is 2.11. The first-order chi connectivity index (χ1) is 15.7. The van der Waals surface area contributed by atoms with Gasteiger partial charge >= 0.3 is 0 Å². The van der Waals surface area contributed by atoms with Crippen LogP contribution in [0.4, 0.5) is 16.2 Å². The van der Waals surface area contributed by atoms with Crippen molar-refractivity contribution in [2.45, 2.75) is 6.54 Å². The molecule has 1 N–H and O–H groups in total. The fourth-order valence-corrected chi connectivity index (χ4v) is 3.64. The number of hydrogen-bond donors (Lipinski definition) is 1. The highest BCUT2D eigenvalue weighted by Gasteiger charge is 2.21. The first-order valence-corrected chi connectivity index (χ1v) is 10.6. The molecule has 0 aliphatic carbocycles. The van der Waals surface area contributed by atoms with Gasteiger partial charge in [0.15, 0.2) is 17.2 Å². The van der Waals surface area contributed by atoms with Crippen molar-refractivity contribution in [3.8, 4) is 11.4 Å².